The molecule has 0 unspecified atom stereocenters. The van der Waals surface area contributed by atoms with Crippen LogP contribution in [0.15, 0.2) is 59.8 Å². The standard InChI is InChI=1S/C17H13FN2OS/c1-22-17-19-14-7-2-3-8-15(14)20(17)16(21)10-9-12-5-4-6-13(18)11-12/h2-11H,1H3. The van der Waals surface area contributed by atoms with E-state index in [4.69, 9.17) is 0 Å². The van der Waals surface area contributed by atoms with Crippen LogP contribution in [0.1, 0.15) is 10.4 Å². The van der Waals surface area contributed by atoms with E-state index >= 15 is 0 Å². The maximum Gasteiger partial charge on any atom is 0.257 e. The molecule has 5 heteroatoms. The van der Waals surface area contributed by atoms with Crippen LogP contribution < -0.4 is 0 Å². The second-order valence-electron chi connectivity index (χ2n) is 4.65. The Morgan fingerprint density at radius 3 is 2.82 bits per heavy atom. The first-order valence-corrected chi connectivity index (χ1v) is 7.91. The second kappa shape index (κ2) is 6.15. The van der Waals surface area contributed by atoms with Crippen molar-refractivity contribution in [3.63, 3.8) is 0 Å². The molecule has 3 rings (SSSR count). The molecule has 22 heavy (non-hydrogen) atoms. The molecule has 2 aromatic carbocycles. The van der Waals surface area contributed by atoms with Crippen molar-refractivity contribution in [3.05, 3.63) is 66.0 Å². The highest BCUT2D eigenvalue weighted by molar-refractivity contribution is 7.98. The molecule has 1 aromatic heterocycles. The van der Waals surface area contributed by atoms with Crippen LogP contribution in [-0.2, 0) is 0 Å². The number of para-hydroxylation sites is 2. The van der Waals surface area contributed by atoms with Gasteiger partial charge in [0.15, 0.2) is 5.16 Å². The first kappa shape index (κ1) is 14.5. The fourth-order valence-electron chi connectivity index (χ4n) is 2.21. The number of hydrogen-bond donors (Lipinski definition) is 0. The monoisotopic (exact) mass is 312 g/mol. The van der Waals surface area contributed by atoms with Gasteiger partial charge in [0.1, 0.15) is 5.82 Å². The third-order valence-electron chi connectivity index (χ3n) is 3.20. The number of halogens is 1. The Balaban J connectivity index is 1.98. The minimum atomic E-state index is -0.326. The number of imidazole rings is 1. The summed E-state index contributed by atoms with van der Waals surface area (Å²) in [7, 11) is 0. The highest BCUT2D eigenvalue weighted by atomic mass is 32.2. The Labute approximate surface area is 131 Å². The maximum atomic E-state index is 13.2. The Bertz CT molecular complexity index is 870. The predicted molar refractivity (Wildman–Crippen MR) is 87.6 cm³/mol. The number of thioether (sulfide) groups is 1. The zero-order valence-electron chi connectivity index (χ0n) is 11.9. The Hall–Kier alpha value is -2.40. The number of fused-ring (bicyclic) bond motifs is 1. The minimum absolute atomic E-state index is 0.206. The number of hydrogen-bond acceptors (Lipinski definition) is 3. The van der Waals surface area contributed by atoms with E-state index in [0.29, 0.717) is 10.7 Å². The largest absolute Gasteiger partial charge is 0.269 e. The molecule has 0 atom stereocenters. The molecule has 3 aromatic rings. The molecular formula is C17H13FN2OS. The van der Waals surface area contributed by atoms with Gasteiger partial charge in [0.2, 0.25) is 0 Å². The van der Waals surface area contributed by atoms with E-state index in [-0.39, 0.29) is 11.7 Å². The van der Waals surface area contributed by atoms with Gasteiger partial charge in [0.25, 0.3) is 5.91 Å². The third kappa shape index (κ3) is 2.80. The van der Waals surface area contributed by atoms with Gasteiger partial charge in [-0.1, -0.05) is 36.0 Å². The number of nitrogens with zero attached hydrogens (tertiary/aromatic N) is 2. The van der Waals surface area contributed by atoms with Crippen molar-refractivity contribution in [1.82, 2.24) is 9.55 Å². The average molecular weight is 312 g/mol. The van der Waals surface area contributed by atoms with E-state index < -0.39 is 0 Å². The lowest BCUT2D eigenvalue weighted by atomic mass is 10.2. The summed E-state index contributed by atoms with van der Waals surface area (Å²) in [6, 6.07) is 13.6. The molecule has 0 fully saturated rings. The van der Waals surface area contributed by atoms with E-state index in [0.717, 1.165) is 11.0 Å². The predicted octanol–water partition coefficient (Wildman–Crippen LogP) is 4.25. The molecule has 0 aliphatic rings. The Kier molecular flexibility index (Phi) is 4.06. The summed E-state index contributed by atoms with van der Waals surface area (Å²) in [6.45, 7) is 0. The van der Waals surface area contributed by atoms with Gasteiger partial charge in [-0.25, -0.2) is 9.37 Å². The summed E-state index contributed by atoms with van der Waals surface area (Å²) < 4.78 is 14.7. The molecule has 3 nitrogen and oxygen atoms in total. The lowest BCUT2D eigenvalue weighted by Gasteiger charge is -2.02. The molecule has 1 heterocycles. The normalized spacial score (nSPS) is 11.4. The van der Waals surface area contributed by atoms with Crippen LogP contribution in [0.2, 0.25) is 0 Å². The van der Waals surface area contributed by atoms with Crippen molar-refractivity contribution < 1.29 is 9.18 Å². The van der Waals surface area contributed by atoms with Crippen molar-refractivity contribution in [2.24, 2.45) is 0 Å². The van der Waals surface area contributed by atoms with Crippen molar-refractivity contribution in [3.8, 4) is 0 Å². The fraction of sp³-hybridized carbons (Fsp3) is 0.0588. The Morgan fingerprint density at radius 1 is 1.23 bits per heavy atom. The third-order valence-corrected chi connectivity index (χ3v) is 3.84. The van der Waals surface area contributed by atoms with Crippen molar-refractivity contribution in [2.45, 2.75) is 5.16 Å². The molecular weight excluding hydrogens is 299 g/mol. The van der Waals surface area contributed by atoms with E-state index in [2.05, 4.69) is 4.98 Å². The van der Waals surface area contributed by atoms with Gasteiger partial charge >= 0.3 is 0 Å². The smallest absolute Gasteiger partial charge is 0.257 e. The summed E-state index contributed by atoms with van der Waals surface area (Å²) in [5, 5.41) is 0.634. The molecule has 0 saturated carbocycles. The highest BCUT2D eigenvalue weighted by Crippen LogP contribution is 2.22. The van der Waals surface area contributed by atoms with Gasteiger partial charge in [0, 0.05) is 6.08 Å². The van der Waals surface area contributed by atoms with Crippen LogP contribution in [-0.4, -0.2) is 21.7 Å². The van der Waals surface area contributed by atoms with E-state index in [1.165, 1.54) is 30.0 Å². The van der Waals surface area contributed by atoms with Crippen LogP contribution in [0.4, 0.5) is 4.39 Å². The minimum Gasteiger partial charge on any atom is -0.269 e. The number of carbonyl (C=O) groups is 1. The van der Waals surface area contributed by atoms with Crippen LogP contribution in [0.25, 0.3) is 17.1 Å². The summed E-state index contributed by atoms with van der Waals surface area (Å²) in [5.74, 6) is -0.533. The molecule has 0 saturated heterocycles. The highest BCUT2D eigenvalue weighted by Gasteiger charge is 2.13. The van der Waals surface area contributed by atoms with Crippen LogP contribution in [0.5, 0.6) is 0 Å². The number of rotatable bonds is 3. The van der Waals surface area contributed by atoms with Gasteiger partial charge in [-0.2, -0.15) is 0 Å². The van der Waals surface area contributed by atoms with E-state index in [9.17, 15) is 9.18 Å². The molecule has 0 N–H and O–H groups in total. The number of benzene rings is 2. The van der Waals surface area contributed by atoms with E-state index in [1.807, 2.05) is 30.5 Å². The molecule has 110 valence electrons. The van der Waals surface area contributed by atoms with E-state index in [1.54, 1.807) is 22.8 Å². The summed E-state index contributed by atoms with van der Waals surface area (Å²) in [5.41, 5.74) is 2.18. The maximum absolute atomic E-state index is 13.2. The zero-order valence-corrected chi connectivity index (χ0v) is 12.7. The summed E-state index contributed by atoms with van der Waals surface area (Å²) >= 11 is 1.41. The van der Waals surface area contributed by atoms with Crippen molar-refractivity contribution in [1.29, 1.82) is 0 Å². The number of allylic oxidation sites excluding steroid dienone is 1. The van der Waals surface area contributed by atoms with Gasteiger partial charge in [-0.05, 0) is 42.2 Å². The Morgan fingerprint density at radius 2 is 2.05 bits per heavy atom. The molecule has 0 aliphatic carbocycles. The van der Waals surface area contributed by atoms with Crippen LogP contribution >= 0.6 is 11.8 Å². The molecule has 0 bridgehead atoms. The second-order valence-corrected chi connectivity index (χ2v) is 5.42. The van der Waals surface area contributed by atoms with Gasteiger partial charge in [0.05, 0.1) is 11.0 Å². The van der Waals surface area contributed by atoms with Gasteiger partial charge in [-0.15, -0.1) is 0 Å². The molecule has 0 spiro atoms. The first-order valence-electron chi connectivity index (χ1n) is 6.68. The van der Waals surface area contributed by atoms with Crippen molar-refractivity contribution >= 4 is 34.8 Å². The van der Waals surface area contributed by atoms with Gasteiger partial charge in [-0.3, -0.25) is 9.36 Å². The lowest BCUT2D eigenvalue weighted by molar-refractivity contribution is 0.0965. The fourth-order valence-corrected chi connectivity index (χ4v) is 2.77. The first-order chi connectivity index (χ1) is 10.7. The quantitative estimate of drug-likeness (QED) is 0.535. The average Bonchev–Trinajstić information content (AvgIpc) is 2.91. The van der Waals surface area contributed by atoms with Crippen LogP contribution in [0, 0.1) is 5.82 Å². The van der Waals surface area contributed by atoms with Gasteiger partial charge < -0.3 is 0 Å². The number of aromatic nitrogens is 2. The molecule has 0 aliphatic heterocycles. The van der Waals surface area contributed by atoms with Crippen LogP contribution in [0.3, 0.4) is 0 Å². The SMILES string of the molecule is CSc1nc2ccccc2n1C(=O)C=Cc1cccc(F)c1. The van der Waals surface area contributed by atoms with Crippen molar-refractivity contribution in [2.75, 3.05) is 6.26 Å². The lowest BCUT2D eigenvalue weighted by Crippen LogP contribution is -2.08. The molecule has 0 radical (unpaired) electrons. The zero-order chi connectivity index (χ0) is 15.5. The summed E-state index contributed by atoms with van der Waals surface area (Å²) in [4.78, 5) is 16.9. The number of carbonyl (C=O) groups excluding carboxylic acids is 1. The molecule has 0 amide bonds. The summed E-state index contributed by atoms with van der Waals surface area (Å²) in [6.07, 6.45) is 4.91. The topological polar surface area (TPSA) is 34.9 Å².